The normalized spacial score (nSPS) is 17.3. The number of benzene rings is 3. The van der Waals surface area contributed by atoms with Crippen LogP contribution in [0.1, 0.15) is 22.3 Å². The SMILES string of the molecule is O=C(COC(=O)[C@@H]1C[C@@H](O)CN1C(=O)OCc1ccccc1)c1ccc(-c2ccccc2)cc1. The summed E-state index contributed by atoms with van der Waals surface area (Å²) in [6.45, 7) is -0.448. The molecule has 3 aromatic carbocycles. The van der Waals surface area contributed by atoms with Crippen molar-refractivity contribution >= 4 is 17.8 Å². The lowest BCUT2D eigenvalue weighted by molar-refractivity contribution is -0.147. The van der Waals surface area contributed by atoms with Crippen molar-refractivity contribution in [3.63, 3.8) is 0 Å². The maximum Gasteiger partial charge on any atom is 0.410 e. The molecule has 1 aliphatic rings. The number of Topliss-reactive ketones (excluding diaryl/α,β-unsaturated/α-hetero) is 1. The molecule has 0 saturated carbocycles. The summed E-state index contributed by atoms with van der Waals surface area (Å²) in [5, 5.41) is 10.0. The molecule has 2 atom stereocenters. The summed E-state index contributed by atoms with van der Waals surface area (Å²) in [6.07, 6.45) is -1.56. The van der Waals surface area contributed by atoms with E-state index >= 15 is 0 Å². The molecule has 0 aromatic heterocycles. The molecule has 0 bridgehead atoms. The Morgan fingerprint density at radius 3 is 2.12 bits per heavy atom. The Bertz CT molecular complexity index is 1130. The van der Waals surface area contributed by atoms with Gasteiger partial charge >= 0.3 is 12.1 Å². The van der Waals surface area contributed by atoms with Crippen molar-refractivity contribution in [2.24, 2.45) is 0 Å². The summed E-state index contributed by atoms with van der Waals surface area (Å²) < 4.78 is 10.5. The van der Waals surface area contributed by atoms with Gasteiger partial charge in [0.15, 0.2) is 12.4 Å². The van der Waals surface area contributed by atoms with Crippen LogP contribution in [0.4, 0.5) is 4.79 Å². The van der Waals surface area contributed by atoms with Crippen LogP contribution in [0, 0.1) is 0 Å². The van der Waals surface area contributed by atoms with Crippen molar-refractivity contribution in [1.29, 1.82) is 0 Å². The van der Waals surface area contributed by atoms with Crippen molar-refractivity contribution in [3.8, 4) is 11.1 Å². The van der Waals surface area contributed by atoms with E-state index in [0.29, 0.717) is 5.56 Å². The van der Waals surface area contributed by atoms with E-state index < -0.39 is 30.8 Å². The molecule has 1 aliphatic heterocycles. The molecule has 7 heteroatoms. The topological polar surface area (TPSA) is 93.1 Å². The summed E-state index contributed by atoms with van der Waals surface area (Å²) in [5.41, 5.74) is 3.22. The summed E-state index contributed by atoms with van der Waals surface area (Å²) in [4.78, 5) is 38.8. The highest BCUT2D eigenvalue weighted by Crippen LogP contribution is 2.22. The Morgan fingerprint density at radius 2 is 1.44 bits per heavy atom. The zero-order valence-corrected chi connectivity index (χ0v) is 18.5. The third-order valence-corrected chi connectivity index (χ3v) is 5.65. The number of hydrogen-bond acceptors (Lipinski definition) is 6. The molecule has 1 amide bonds. The van der Waals surface area contributed by atoms with Gasteiger partial charge in [0, 0.05) is 12.0 Å². The number of ketones is 1. The largest absolute Gasteiger partial charge is 0.456 e. The van der Waals surface area contributed by atoms with Crippen molar-refractivity contribution in [1.82, 2.24) is 4.90 Å². The third kappa shape index (κ3) is 5.68. The maximum absolute atomic E-state index is 12.6. The summed E-state index contributed by atoms with van der Waals surface area (Å²) in [5.74, 6) is -1.10. The van der Waals surface area contributed by atoms with Gasteiger partial charge in [-0.1, -0.05) is 84.9 Å². The van der Waals surface area contributed by atoms with E-state index in [4.69, 9.17) is 9.47 Å². The van der Waals surface area contributed by atoms with Crippen LogP contribution in [0.15, 0.2) is 84.9 Å². The second-order valence-electron chi connectivity index (χ2n) is 8.07. The number of nitrogens with zero attached hydrogens (tertiary/aromatic N) is 1. The minimum atomic E-state index is -1.01. The summed E-state index contributed by atoms with van der Waals surface area (Å²) in [7, 11) is 0. The molecular weight excluding hydrogens is 434 g/mol. The first-order valence-corrected chi connectivity index (χ1v) is 11.0. The van der Waals surface area contributed by atoms with Gasteiger partial charge < -0.3 is 14.6 Å². The number of likely N-dealkylation sites (tertiary alicyclic amines) is 1. The second-order valence-corrected chi connectivity index (χ2v) is 8.07. The molecular formula is C27H25NO6. The smallest absolute Gasteiger partial charge is 0.410 e. The lowest BCUT2D eigenvalue weighted by Crippen LogP contribution is -2.42. The van der Waals surface area contributed by atoms with Crippen LogP contribution in [0.2, 0.25) is 0 Å². The first kappa shape index (κ1) is 23.2. The molecule has 1 N–H and O–H groups in total. The van der Waals surface area contributed by atoms with E-state index in [1.165, 1.54) is 0 Å². The Kier molecular flexibility index (Phi) is 7.34. The Hall–Kier alpha value is -3.97. The predicted octanol–water partition coefficient (Wildman–Crippen LogP) is 3.85. The minimum Gasteiger partial charge on any atom is -0.456 e. The predicted molar refractivity (Wildman–Crippen MR) is 125 cm³/mol. The van der Waals surface area contributed by atoms with E-state index in [2.05, 4.69) is 0 Å². The molecule has 0 radical (unpaired) electrons. The number of hydrogen-bond donors (Lipinski definition) is 1. The molecule has 0 spiro atoms. The molecule has 1 heterocycles. The molecule has 0 unspecified atom stereocenters. The van der Waals surface area contributed by atoms with Gasteiger partial charge in [-0.2, -0.15) is 0 Å². The number of aliphatic hydroxyl groups excluding tert-OH is 1. The highest BCUT2D eigenvalue weighted by molar-refractivity contribution is 5.98. The molecule has 174 valence electrons. The third-order valence-electron chi connectivity index (χ3n) is 5.65. The number of β-amino-alcohol motifs (C(OH)–C–C–N with tert-alkyl or cyclic N) is 1. The molecule has 34 heavy (non-hydrogen) atoms. The van der Waals surface area contributed by atoms with Gasteiger partial charge in [-0.25, -0.2) is 9.59 Å². The van der Waals surface area contributed by atoms with E-state index in [9.17, 15) is 19.5 Å². The van der Waals surface area contributed by atoms with E-state index in [-0.39, 0.29) is 25.4 Å². The van der Waals surface area contributed by atoms with Crippen LogP contribution in [0.5, 0.6) is 0 Å². The number of amides is 1. The fraction of sp³-hybridized carbons (Fsp3) is 0.222. The molecule has 4 rings (SSSR count). The van der Waals surface area contributed by atoms with Crippen molar-refractivity contribution in [2.45, 2.75) is 25.2 Å². The number of ether oxygens (including phenoxy) is 2. The van der Waals surface area contributed by atoms with E-state index in [1.54, 1.807) is 12.1 Å². The zero-order chi connectivity index (χ0) is 23.9. The Labute approximate surface area is 197 Å². The van der Waals surface area contributed by atoms with Gasteiger partial charge in [-0.15, -0.1) is 0 Å². The van der Waals surface area contributed by atoms with Gasteiger partial charge in [-0.3, -0.25) is 9.69 Å². The zero-order valence-electron chi connectivity index (χ0n) is 18.5. The summed E-state index contributed by atoms with van der Waals surface area (Å²) in [6, 6.07) is 24.9. The van der Waals surface area contributed by atoms with Gasteiger partial charge in [-0.05, 0) is 16.7 Å². The van der Waals surface area contributed by atoms with Gasteiger partial charge in [0.2, 0.25) is 0 Å². The van der Waals surface area contributed by atoms with Crippen LogP contribution in [-0.2, 0) is 20.9 Å². The number of carbonyl (C=O) groups is 3. The van der Waals surface area contributed by atoms with Crippen molar-refractivity contribution in [3.05, 3.63) is 96.1 Å². The molecule has 7 nitrogen and oxygen atoms in total. The second kappa shape index (κ2) is 10.8. The van der Waals surface area contributed by atoms with Crippen molar-refractivity contribution < 1.29 is 29.0 Å². The number of rotatable bonds is 7. The molecule has 0 aliphatic carbocycles. The van der Waals surface area contributed by atoms with E-state index in [0.717, 1.165) is 21.6 Å². The minimum absolute atomic E-state index is 0.0270. The van der Waals surface area contributed by atoms with Crippen LogP contribution >= 0.6 is 0 Å². The van der Waals surface area contributed by atoms with Crippen molar-refractivity contribution in [2.75, 3.05) is 13.2 Å². The lowest BCUT2D eigenvalue weighted by Gasteiger charge is -2.22. The van der Waals surface area contributed by atoms with Crippen LogP contribution in [0.3, 0.4) is 0 Å². The number of carbonyl (C=O) groups excluding carboxylic acids is 3. The first-order valence-electron chi connectivity index (χ1n) is 11.0. The summed E-state index contributed by atoms with van der Waals surface area (Å²) >= 11 is 0. The maximum atomic E-state index is 12.6. The monoisotopic (exact) mass is 459 g/mol. The van der Waals surface area contributed by atoms with Gasteiger partial charge in [0.25, 0.3) is 0 Å². The molecule has 3 aromatic rings. The highest BCUT2D eigenvalue weighted by Gasteiger charge is 2.41. The van der Waals surface area contributed by atoms with Crippen LogP contribution in [0.25, 0.3) is 11.1 Å². The standard InChI is InChI=1S/C27H25NO6/c29-23-15-24(28(16-23)27(32)34-17-19-7-3-1-4-8-19)26(31)33-18-25(30)22-13-11-21(12-14-22)20-9-5-2-6-10-20/h1-14,23-24,29H,15-18H2/t23-,24+/m1/s1. The number of esters is 1. The van der Waals surface area contributed by atoms with Crippen LogP contribution in [-0.4, -0.2) is 53.1 Å². The number of aliphatic hydroxyl groups is 1. The fourth-order valence-electron chi connectivity index (χ4n) is 3.84. The van der Waals surface area contributed by atoms with E-state index in [1.807, 2.05) is 72.8 Å². The fourth-order valence-corrected chi connectivity index (χ4v) is 3.84. The van der Waals surface area contributed by atoms with Gasteiger partial charge in [0.05, 0.1) is 12.6 Å². The van der Waals surface area contributed by atoms with Crippen LogP contribution < -0.4 is 0 Å². The lowest BCUT2D eigenvalue weighted by atomic mass is 10.0. The highest BCUT2D eigenvalue weighted by atomic mass is 16.6. The Morgan fingerprint density at radius 1 is 0.824 bits per heavy atom. The average molecular weight is 459 g/mol. The average Bonchev–Trinajstić information content (AvgIpc) is 3.28. The molecule has 1 saturated heterocycles. The molecule has 1 fully saturated rings. The Balaban J connectivity index is 1.32. The quantitative estimate of drug-likeness (QED) is 0.426. The first-order chi connectivity index (χ1) is 16.5. The van der Waals surface area contributed by atoms with Gasteiger partial charge in [0.1, 0.15) is 12.6 Å².